The summed E-state index contributed by atoms with van der Waals surface area (Å²) in [6, 6.07) is 4.15. The van der Waals surface area contributed by atoms with Crippen LogP contribution in [0.1, 0.15) is 19.5 Å². The molecule has 2 rings (SSSR count). The summed E-state index contributed by atoms with van der Waals surface area (Å²) in [5.74, 6) is 0.644. The van der Waals surface area contributed by atoms with Gasteiger partial charge in [0.05, 0.1) is 13.2 Å². The molecule has 0 bridgehead atoms. The molecule has 1 aromatic rings. The van der Waals surface area contributed by atoms with Gasteiger partial charge in [-0.2, -0.15) is 13.2 Å². The van der Waals surface area contributed by atoms with Crippen LogP contribution in [0.25, 0.3) is 0 Å². The van der Waals surface area contributed by atoms with E-state index in [0.29, 0.717) is 25.7 Å². The molecular weight excluding hydrogens is 295 g/mol. The van der Waals surface area contributed by atoms with Crippen molar-refractivity contribution >= 4 is 5.82 Å². The standard InChI is InChI=1S/C15H22F3N3O/c1-11(2)12(21-6-8-22-9-7-21)10-19-14-5-3-4-13(20-14)15(16,17)18/h3-5,11-12H,6-10H2,1-2H3,(H,19,20). The normalized spacial score (nSPS) is 18.5. The van der Waals surface area contributed by atoms with Gasteiger partial charge in [-0.1, -0.05) is 19.9 Å². The molecule has 1 saturated heterocycles. The molecule has 124 valence electrons. The Balaban J connectivity index is 2.00. The number of alkyl halides is 3. The Morgan fingerprint density at radius 1 is 1.27 bits per heavy atom. The monoisotopic (exact) mass is 317 g/mol. The molecule has 4 nitrogen and oxygen atoms in total. The van der Waals surface area contributed by atoms with E-state index in [1.54, 1.807) is 6.07 Å². The highest BCUT2D eigenvalue weighted by atomic mass is 19.4. The van der Waals surface area contributed by atoms with Gasteiger partial charge in [0.25, 0.3) is 0 Å². The van der Waals surface area contributed by atoms with E-state index in [2.05, 4.69) is 29.0 Å². The number of nitrogens with one attached hydrogen (secondary N) is 1. The van der Waals surface area contributed by atoms with Crippen LogP contribution in [0.3, 0.4) is 0 Å². The minimum absolute atomic E-state index is 0.236. The molecule has 0 radical (unpaired) electrons. The van der Waals surface area contributed by atoms with Crippen molar-refractivity contribution in [2.75, 3.05) is 38.2 Å². The topological polar surface area (TPSA) is 37.4 Å². The molecule has 2 heterocycles. The van der Waals surface area contributed by atoms with Gasteiger partial charge in [0.1, 0.15) is 11.5 Å². The number of halogens is 3. The SMILES string of the molecule is CC(C)C(CNc1cccc(C(F)(F)F)n1)N1CCOCC1. The predicted octanol–water partition coefficient (Wildman–Crippen LogP) is 2.87. The first-order valence-electron chi connectivity index (χ1n) is 7.48. The average molecular weight is 317 g/mol. The second kappa shape index (κ2) is 7.28. The fourth-order valence-corrected chi connectivity index (χ4v) is 2.60. The Labute approximate surface area is 128 Å². The molecule has 22 heavy (non-hydrogen) atoms. The molecular formula is C15H22F3N3O. The van der Waals surface area contributed by atoms with Crippen LogP contribution >= 0.6 is 0 Å². The van der Waals surface area contributed by atoms with E-state index in [0.717, 1.165) is 19.2 Å². The van der Waals surface area contributed by atoms with E-state index < -0.39 is 11.9 Å². The van der Waals surface area contributed by atoms with E-state index in [1.807, 2.05) is 0 Å². The number of hydrogen-bond donors (Lipinski definition) is 1. The maximum absolute atomic E-state index is 12.7. The van der Waals surface area contributed by atoms with Gasteiger partial charge in [-0.25, -0.2) is 4.98 Å². The fraction of sp³-hybridized carbons (Fsp3) is 0.667. The summed E-state index contributed by atoms with van der Waals surface area (Å²) in [6.45, 7) is 7.88. The van der Waals surface area contributed by atoms with Gasteiger partial charge < -0.3 is 10.1 Å². The molecule has 1 unspecified atom stereocenters. The third-order valence-corrected chi connectivity index (χ3v) is 3.82. The summed E-state index contributed by atoms with van der Waals surface area (Å²) in [7, 11) is 0. The maximum atomic E-state index is 12.7. The van der Waals surface area contributed by atoms with E-state index in [1.165, 1.54) is 6.07 Å². The summed E-state index contributed by atoms with van der Waals surface area (Å²) in [6.07, 6.45) is -4.42. The minimum atomic E-state index is -4.42. The van der Waals surface area contributed by atoms with Crippen molar-refractivity contribution < 1.29 is 17.9 Å². The Bertz CT molecular complexity index is 473. The highest BCUT2D eigenvalue weighted by Gasteiger charge is 2.32. The molecule has 1 fully saturated rings. The smallest absolute Gasteiger partial charge is 0.379 e. The fourth-order valence-electron chi connectivity index (χ4n) is 2.60. The largest absolute Gasteiger partial charge is 0.433 e. The van der Waals surface area contributed by atoms with Gasteiger partial charge in [-0.3, -0.25) is 4.90 Å². The minimum Gasteiger partial charge on any atom is -0.379 e. The number of pyridine rings is 1. The summed E-state index contributed by atoms with van der Waals surface area (Å²) < 4.78 is 43.4. The first kappa shape index (κ1) is 17.0. The van der Waals surface area contributed by atoms with Crippen LogP contribution in [0.5, 0.6) is 0 Å². The highest BCUT2D eigenvalue weighted by Crippen LogP contribution is 2.28. The lowest BCUT2D eigenvalue weighted by Gasteiger charge is -2.37. The van der Waals surface area contributed by atoms with Crippen molar-refractivity contribution in [2.24, 2.45) is 5.92 Å². The lowest BCUT2D eigenvalue weighted by atomic mass is 10.0. The third-order valence-electron chi connectivity index (χ3n) is 3.82. The molecule has 0 spiro atoms. The molecule has 0 aliphatic carbocycles. The first-order valence-corrected chi connectivity index (χ1v) is 7.48. The van der Waals surface area contributed by atoms with Crippen LogP contribution in [0, 0.1) is 5.92 Å². The lowest BCUT2D eigenvalue weighted by Crippen LogP contribution is -2.49. The van der Waals surface area contributed by atoms with Crippen molar-refractivity contribution in [1.29, 1.82) is 0 Å². The zero-order valence-corrected chi connectivity index (χ0v) is 12.9. The zero-order valence-electron chi connectivity index (χ0n) is 12.9. The molecule has 1 aliphatic rings. The van der Waals surface area contributed by atoms with Gasteiger partial charge in [0, 0.05) is 25.7 Å². The van der Waals surface area contributed by atoms with Crippen LogP contribution < -0.4 is 5.32 Å². The average Bonchev–Trinajstić information content (AvgIpc) is 2.48. The highest BCUT2D eigenvalue weighted by molar-refractivity contribution is 5.36. The maximum Gasteiger partial charge on any atom is 0.433 e. The molecule has 0 amide bonds. The first-order chi connectivity index (χ1) is 10.4. The van der Waals surface area contributed by atoms with Crippen molar-refractivity contribution in [1.82, 2.24) is 9.88 Å². The van der Waals surface area contributed by atoms with Gasteiger partial charge >= 0.3 is 6.18 Å². The van der Waals surface area contributed by atoms with Crippen LogP contribution in [0.15, 0.2) is 18.2 Å². The summed E-state index contributed by atoms with van der Waals surface area (Å²) in [5, 5.41) is 3.04. The number of morpholine rings is 1. The third kappa shape index (κ3) is 4.58. The number of hydrogen-bond acceptors (Lipinski definition) is 4. The van der Waals surface area contributed by atoms with E-state index >= 15 is 0 Å². The zero-order chi connectivity index (χ0) is 16.2. The quantitative estimate of drug-likeness (QED) is 0.906. The van der Waals surface area contributed by atoms with Crippen molar-refractivity contribution in [3.8, 4) is 0 Å². The van der Waals surface area contributed by atoms with Gasteiger partial charge in [0.2, 0.25) is 0 Å². The summed E-state index contributed by atoms with van der Waals surface area (Å²) in [5.41, 5.74) is -0.870. The molecule has 0 saturated carbocycles. The molecule has 1 aliphatic heterocycles. The number of aromatic nitrogens is 1. The van der Waals surface area contributed by atoms with Gasteiger partial charge in [-0.15, -0.1) is 0 Å². The van der Waals surface area contributed by atoms with Crippen LogP contribution in [-0.4, -0.2) is 48.8 Å². The van der Waals surface area contributed by atoms with E-state index in [-0.39, 0.29) is 11.9 Å². The van der Waals surface area contributed by atoms with Crippen molar-refractivity contribution in [2.45, 2.75) is 26.1 Å². The molecule has 7 heteroatoms. The van der Waals surface area contributed by atoms with Crippen LogP contribution in [0.2, 0.25) is 0 Å². The van der Waals surface area contributed by atoms with Crippen LogP contribution in [-0.2, 0) is 10.9 Å². The number of nitrogens with zero attached hydrogens (tertiary/aromatic N) is 2. The molecule has 1 aromatic heterocycles. The second-order valence-corrected chi connectivity index (χ2v) is 5.75. The number of rotatable bonds is 5. The lowest BCUT2D eigenvalue weighted by molar-refractivity contribution is -0.141. The van der Waals surface area contributed by atoms with E-state index in [9.17, 15) is 13.2 Å². The van der Waals surface area contributed by atoms with Crippen molar-refractivity contribution in [3.63, 3.8) is 0 Å². The Morgan fingerprint density at radius 2 is 1.95 bits per heavy atom. The summed E-state index contributed by atoms with van der Waals surface area (Å²) >= 11 is 0. The van der Waals surface area contributed by atoms with Gasteiger partial charge in [0.15, 0.2) is 0 Å². The van der Waals surface area contributed by atoms with Crippen LogP contribution in [0.4, 0.5) is 19.0 Å². The Hall–Kier alpha value is -1.34. The second-order valence-electron chi connectivity index (χ2n) is 5.75. The Kier molecular flexibility index (Phi) is 5.63. The van der Waals surface area contributed by atoms with Gasteiger partial charge in [-0.05, 0) is 18.1 Å². The molecule has 1 atom stereocenters. The molecule has 0 aromatic carbocycles. The molecule has 1 N–H and O–H groups in total. The van der Waals surface area contributed by atoms with E-state index in [4.69, 9.17) is 4.74 Å². The number of ether oxygens (including phenoxy) is 1. The summed E-state index contributed by atoms with van der Waals surface area (Å²) in [4.78, 5) is 5.96. The predicted molar refractivity (Wildman–Crippen MR) is 78.7 cm³/mol. The Morgan fingerprint density at radius 3 is 2.55 bits per heavy atom. The van der Waals surface area contributed by atoms with Crippen molar-refractivity contribution in [3.05, 3.63) is 23.9 Å². The number of anilines is 1.